The van der Waals surface area contributed by atoms with Crippen LogP contribution in [0.3, 0.4) is 0 Å². The summed E-state index contributed by atoms with van der Waals surface area (Å²) in [5, 5.41) is 2.92. The maximum atomic E-state index is 12.0. The number of hydrogen-bond donors (Lipinski definition) is 2. The Kier molecular flexibility index (Phi) is 5.70. The topological polar surface area (TPSA) is 55.1 Å². The van der Waals surface area contributed by atoms with Gasteiger partial charge >= 0.3 is 0 Å². The molecule has 0 saturated carbocycles. The summed E-state index contributed by atoms with van der Waals surface area (Å²) in [6, 6.07) is 13.5. The van der Waals surface area contributed by atoms with Gasteiger partial charge in [0.2, 0.25) is 5.91 Å². The third kappa shape index (κ3) is 4.79. The van der Waals surface area contributed by atoms with Crippen LogP contribution in [0.1, 0.15) is 12.5 Å². The van der Waals surface area contributed by atoms with Gasteiger partial charge in [-0.15, -0.1) is 11.8 Å². The summed E-state index contributed by atoms with van der Waals surface area (Å²) in [5.41, 5.74) is 8.45. The molecule has 0 aliphatic carbocycles. The van der Waals surface area contributed by atoms with E-state index in [1.165, 1.54) is 17.3 Å². The van der Waals surface area contributed by atoms with Crippen LogP contribution < -0.4 is 11.1 Å². The molecule has 0 radical (unpaired) electrons. The van der Waals surface area contributed by atoms with Gasteiger partial charge in [0, 0.05) is 20.7 Å². The first-order valence-corrected chi connectivity index (χ1v) is 8.43. The highest BCUT2D eigenvalue weighted by Crippen LogP contribution is 2.29. The van der Waals surface area contributed by atoms with Crippen LogP contribution in [-0.4, -0.2) is 11.7 Å². The SMILES string of the molecule is CCc1cccc(NC(=O)CSc2ccc(N)cc2Br)c1. The molecule has 0 aromatic heterocycles. The Morgan fingerprint density at radius 1 is 1.29 bits per heavy atom. The summed E-state index contributed by atoms with van der Waals surface area (Å²) in [7, 11) is 0. The Balaban J connectivity index is 1.92. The molecule has 0 atom stereocenters. The van der Waals surface area contributed by atoms with Crippen LogP contribution >= 0.6 is 27.7 Å². The quantitative estimate of drug-likeness (QED) is 0.613. The second-order valence-corrected chi connectivity index (χ2v) is 6.45. The minimum Gasteiger partial charge on any atom is -0.399 e. The molecule has 2 aromatic rings. The number of hydrogen-bond acceptors (Lipinski definition) is 3. The molecule has 0 aliphatic rings. The fraction of sp³-hybridized carbons (Fsp3) is 0.188. The lowest BCUT2D eigenvalue weighted by molar-refractivity contribution is -0.113. The number of nitrogens with two attached hydrogens (primary N) is 1. The molecule has 0 aliphatic heterocycles. The zero-order valence-electron chi connectivity index (χ0n) is 11.7. The number of aryl methyl sites for hydroxylation is 1. The van der Waals surface area contributed by atoms with E-state index in [2.05, 4.69) is 34.2 Å². The lowest BCUT2D eigenvalue weighted by Gasteiger charge is -2.08. The Morgan fingerprint density at radius 3 is 2.81 bits per heavy atom. The second kappa shape index (κ2) is 7.52. The summed E-state index contributed by atoms with van der Waals surface area (Å²) in [5.74, 6) is 0.343. The average molecular weight is 365 g/mol. The van der Waals surface area contributed by atoms with Crippen LogP contribution in [0.2, 0.25) is 0 Å². The van der Waals surface area contributed by atoms with Gasteiger partial charge in [0.1, 0.15) is 0 Å². The largest absolute Gasteiger partial charge is 0.399 e. The molecule has 2 rings (SSSR count). The van der Waals surface area contributed by atoms with Crippen molar-refractivity contribution in [1.29, 1.82) is 0 Å². The third-order valence-corrected chi connectivity index (χ3v) is 4.93. The van der Waals surface area contributed by atoms with Crippen molar-refractivity contribution in [3.63, 3.8) is 0 Å². The van der Waals surface area contributed by atoms with Crippen LogP contribution in [0.25, 0.3) is 0 Å². The van der Waals surface area contributed by atoms with E-state index in [0.29, 0.717) is 11.4 Å². The smallest absolute Gasteiger partial charge is 0.234 e. The van der Waals surface area contributed by atoms with Gasteiger partial charge in [0.05, 0.1) is 5.75 Å². The molecule has 0 saturated heterocycles. The number of thioether (sulfide) groups is 1. The standard InChI is InChI=1S/C16H17BrN2OS/c1-2-11-4-3-5-13(8-11)19-16(20)10-21-15-7-6-12(18)9-14(15)17/h3-9H,2,10,18H2,1H3,(H,19,20). The van der Waals surface area contributed by atoms with E-state index in [1.807, 2.05) is 36.4 Å². The van der Waals surface area contributed by atoms with Crippen LogP contribution in [0.5, 0.6) is 0 Å². The lowest BCUT2D eigenvalue weighted by atomic mass is 10.1. The van der Waals surface area contributed by atoms with Crippen molar-refractivity contribution in [2.45, 2.75) is 18.2 Å². The van der Waals surface area contributed by atoms with E-state index in [-0.39, 0.29) is 5.91 Å². The normalized spacial score (nSPS) is 10.4. The highest BCUT2D eigenvalue weighted by Gasteiger charge is 2.06. The summed E-state index contributed by atoms with van der Waals surface area (Å²) in [6.45, 7) is 2.09. The van der Waals surface area contributed by atoms with Crippen LogP contribution in [-0.2, 0) is 11.2 Å². The van der Waals surface area contributed by atoms with Crippen molar-refractivity contribution in [2.75, 3.05) is 16.8 Å². The van der Waals surface area contributed by atoms with Gasteiger partial charge in [-0.3, -0.25) is 4.79 Å². The predicted molar refractivity (Wildman–Crippen MR) is 93.7 cm³/mol. The van der Waals surface area contributed by atoms with Gasteiger partial charge in [-0.2, -0.15) is 0 Å². The number of nitrogen functional groups attached to an aromatic ring is 1. The van der Waals surface area contributed by atoms with Gasteiger partial charge < -0.3 is 11.1 Å². The predicted octanol–water partition coefficient (Wildman–Crippen LogP) is 4.32. The fourth-order valence-electron chi connectivity index (χ4n) is 1.84. The third-order valence-electron chi connectivity index (χ3n) is 2.93. The van der Waals surface area contributed by atoms with Crippen molar-refractivity contribution in [3.8, 4) is 0 Å². The molecule has 0 bridgehead atoms. The van der Waals surface area contributed by atoms with Gasteiger partial charge in [-0.05, 0) is 58.2 Å². The van der Waals surface area contributed by atoms with Gasteiger partial charge in [0.25, 0.3) is 0 Å². The molecule has 0 unspecified atom stereocenters. The molecule has 21 heavy (non-hydrogen) atoms. The molecule has 0 heterocycles. The molecule has 3 N–H and O–H groups in total. The highest BCUT2D eigenvalue weighted by atomic mass is 79.9. The number of nitrogens with one attached hydrogen (secondary N) is 1. The van der Waals surface area contributed by atoms with E-state index in [0.717, 1.165) is 21.5 Å². The summed E-state index contributed by atoms with van der Waals surface area (Å²) in [4.78, 5) is 13.0. The van der Waals surface area contributed by atoms with Crippen LogP contribution in [0, 0.1) is 0 Å². The van der Waals surface area contributed by atoms with Crippen molar-refractivity contribution in [1.82, 2.24) is 0 Å². The average Bonchev–Trinajstić information content (AvgIpc) is 2.46. The number of halogens is 1. The number of anilines is 2. The highest BCUT2D eigenvalue weighted by molar-refractivity contribution is 9.10. The van der Waals surface area contributed by atoms with E-state index in [9.17, 15) is 4.79 Å². The lowest BCUT2D eigenvalue weighted by Crippen LogP contribution is -2.14. The van der Waals surface area contributed by atoms with E-state index >= 15 is 0 Å². The van der Waals surface area contributed by atoms with Gasteiger partial charge in [0.15, 0.2) is 0 Å². The maximum absolute atomic E-state index is 12.0. The van der Waals surface area contributed by atoms with Crippen LogP contribution in [0.15, 0.2) is 51.8 Å². The minimum absolute atomic E-state index is 0.0167. The first-order chi connectivity index (χ1) is 10.1. The summed E-state index contributed by atoms with van der Waals surface area (Å²) < 4.78 is 0.910. The van der Waals surface area contributed by atoms with Crippen LogP contribution in [0.4, 0.5) is 11.4 Å². The Morgan fingerprint density at radius 2 is 2.10 bits per heavy atom. The molecule has 1 amide bonds. The van der Waals surface area contributed by atoms with E-state index < -0.39 is 0 Å². The van der Waals surface area contributed by atoms with Crippen molar-refractivity contribution >= 4 is 45.0 Å². The molecule has 0 spiro atoms. The summed E-state index contributed by atoms with van der Waals surface area (Å²) in [6.07, 6.45) is 0.955. The molecule has 5 heteroatoms. The Hall–Kier alpha value is -1.46. The molecule has 110 valence electrons. The van der Waals surface area contributed by atoms with Gasteiger partial charge in [-0.1, -0.05) is 19.1 Å². The van der Waals surface area contributed by atoms with Crippen molar-refractivity contribution in [3.05, 3.63) is 52.5 Å². The second-order valence-electron chi connectivity index (χ2n) is 4.58. The zero-order chi connectivity index (χ0) is 15.2. The van der Waals surface area contributed by atoms with E-state index in [1.54, 1.807) is 0 Å². The number of carbonyl (C=O) groups excluding carboxylic acids is 1. The zero-order valence-corrected chi connectivity index (χ0v) is 14.1. The number of benzene rings is 2. The maximum Gasteiger partial charge on any atom is 0.234 e. The molecular weight excluding hydrogens is 348 g/mol. The number of amides is 1. The Labute approximate surface area is 137 Å². The Bertz CT molecular complexity index is 646. The van der Waals surface area contributed by atoms with Crippen molar-refractivity contribution in [2.24, 2.45) is 0 Å². The number of rotatable bonds is 5. The first kappa shape index (κ1) is 15.9. The van der Waals surface area contributed by atoms with E-state index in [4.69, 9.17) is 5.73 Å². The molecule has 0 fully saturated rings. The molecule has 2 aromatic carbocycles. The summed E-state index contributed by atoms with van der Waals surface area (Å²) >= 11 is 4.93. The number of carbonyl (C=O) groups is 1. The van der Waals surface area contributed by atoms with Gasteiger partial charge in [-0.25, -0.2) is 0 Å². The fourth-order valence-corrected chi connectivity index (χ4v) is 3.30. The molecule has 3 nitrogen and oxygen atoms in total. The first-order valence-electron chi connectivity index (χ1n) is 6.65. The minimum atomic E-state index is -0.0167. The van der Waals surface area contributed by atoms with Crippen molar-refractivity contribution < 1.29 is 4.79 Å². The monoisotopic (exact) mass is 364 g/mol. The molecular formula is C16H17BrN2OS.